The maximum atomic E-state index is 15.2. The van der Waals surface area contributed by atoms with Gasteiger partial charge in [0.2, 0.25) is 8.32 Å². The number of methoxy groups -OCH3 is 1. The number of cyclic esters (lactones) is 2. The highest BCUT2D eigenvalue weighted by molar-refractivity contribution is 6.77. The van der Waals surface area contributed by atoms with E-state index in [0.717, 1.165) is 12.8 Å². The molecule has 2 fully saturated rings. The van der Waals surface area contributed by atoms with E-state index >= 15 is 4.79 Å². The van der Waals surface area contributed by atoms with Crippen molar-refractivity contribution in [3.63, 3.8) is 0 Å². The van der Waals surface area contributed by atoms with Gasteiger partial charge in [-0.05, 0) is 80.8 Å². The molecule has 1 aliphatic heterocycles. The maximum absolute atomic E-state index is 15.2. The molecule has 2 rings (SSSR count). The van der Waals surface area contributed by atoms with E-state index in [2.05, 4.69) is 89.7 Å². The van der Waals surface area contributed by atoms with E-state index in [0.29, 0.717) is 29.5 Å². The number of hydrogen-bond donors (Lipinski definition) is 0. The number of carbonyl (C=O) groups is 2. The molecular formula is C36H66O7Si. The number of Topliss-reactive ketones (excluding diaryl/α,β-unsaturated/α-hetero) is 1. The molecule has 44 heavy (non-hydrogen) atoms. The molecule has 1 saturated carbocycles. The van der Waals surface area contributed by atoms with Crippen LogP contribution in [0.5, 0.6) is 0 Å². The first kappa shape index (κ1) is 39.0. The summed E-state index contributed by atoms with van der Waals surface area (Å²) in [4.78, 5) is 27.5. The van der Waals surface area contributed by atoms with Crippen molar-refractivity contribution in [1.29, 1.82) is 0 Å². The second-order valence-electron chi connectivity index (χ2n) is 16.7. The normalized spacial score (nSPS) is 28.1. The Bertz CT molecular complexity index is 977. The average Bonchev–Trinajstić information content (AvgIpc) is 3.14. The van der Waals surface area contributed by atoms with Crippen molar-refractivity contribution in [2.45, 2.75) is 163 Å². The summed E-state index contributed by atoms with van der Waals surface area (Å²) < 4.78 is 30.1. The minimum Gasteiger partial charge on any atom is -0.427 e. The predicted octanol–water partition coefficient (Wildman–Crippen LogP) is 9.49. The Morgan fingerprint density at radius 1 is 1.00 bits per heavy atom. The van der Waals surface area contributed by atoms with E-state index in [1.165, 1.54) is 0 Å². The molecule has 0 unspecified atom stereocenters. The molecule has 0 radical (unpaired) electrons. The van der Waals surface area contributed by atoms with Gasteiger partial charge in [-0.15, -0.1) is 6.58 Å². The van der Waals surface area contributed by atoms with E-state index in [1.807, 2.05) is 19.9 Å². The molecule has 8 heteroatoms. The van der Waals surface area contributed by atoms with Gasteiger partial charge in [0.15, 0.2) is 0 Å². The Balaban J connectivity index is 2.72. The number of ketones is 1. The van der Waals surface area contributed by atoms with Crippen LogP contribution >= 0.6 is 0 Å². The lowest BCUT2D eigenvalue weighted by atomic mass is 9.49. The summed E-state index contributed by atoms with van der Waals surface area (Å²) >= 11 is 0. The van der Waals surface area contributed by atoms with Crippen LogP contribution in [0.3, 0.4) is 0 Å². The molecule has 0 amide bonds. The van der Waals surface area contributed by atoms with Gasteiger partial charge in [0.1, 0.15) is 24.3 Å². The Labute approximate surface area is 270 Å². The van der Waals surface area contributed by atoms with E-state index in [9.17, 15) is 4.79 Å². The molecular weight excluding hydrogens is 572 g/mol. The quantitative estimate of drug-likeness (QED) is 0.0721. The SMILES string of the molecule is C=C[C@@]1(C[C@@H]2OC(=O)OC2(C)C)C[C@H](CCC(C)(C)OCOC)C(C)(C)[C@H]([C@H](O[Si](C(C)C)(C(C)C)C(C)C)C(C)C)C1=O. The zero-order valence-electron chi connectivity index (χ0n) is 30.8. The summed E-state index contributed by atoms with van der Waals surface area (Å²) in [5.41, 5.74) is -1.32. The monoisotopic (exact) mass is 638 g/mol. The summed E-state index contributed by atoms with van der Waals surface area (Å²) in [7, 11) is -0.705. The van der Waals surface area contributed by atoms with E-state index < -0.39 is 31.6 Å². The van der Waals surface area contributed by atoms with Crippen LogP contribution in [0.2, 0.25) is 16.6 Å². The first-order valence-electron chi connectivity index (χ1n) is 16.9. The van der Waals surface area contributed by atoms with Crippen LogP contribution < -0.4 is 0 Å². The third-order valence-electron chi connectivity index (χ3n) is 11.2. The fourth-order valence-electron chi connectivity index (χ4n) is 8.43. The molecule has 0 aromatic carbocycles. The minimum atomic E-state index is -2.34. The Kier molecular flexibility index (Phi) is 12.6. The van der Waals surface area contributed by atoms with Gasteiger partial charge in [0.05, 0.1) is 17.1 Å². The minimum absolute atomic E-state index is 0.123. The summed E-state index contributed by atoms with van der Waals surface area (Å²) in [6.07, 6.45) is 2.97. The van der Waals surface area contributed by atoms with Crippen molar-refractivity contribution >= 4 is 20.3 Å². The number of hydrogen-bond acceptors (Lipinski definition) is 7. The van der Waals surface area contributed by atoms with Gasteiger partial charge in [-0.1, -0.05) is 75.3 Å². The molecule has 0 spiro atoms. The van der Waals surface area contributed by atoms with Gasteiger partial charge in [-0.3, -0.25) is 4.79 Å². The van der Waals surface area contributed by atoms with Gasteiger partial charge in [0, 0.05) is 19.4 Å². The molecule has 1 heterocycles. The van der Waals surface area contributed by atoms with Crippen molar-refractivity contribution in [2.75, 3.05) is 13.9 Å². The fourth-order valence-corrected chi connectivity index (χ4v) is 14.1. The molecule has 1 saturated heterocycles. The van der Waals surface area contributed by atoms with Crippen molar-refractivity contribution in [1.82, 2.24) is 0 Å². The smallest absolute Gasteiger partial charge is 0.427 e. The number of ether oxygens (including phenoxy) is 4. The fraction of sp³-hybridized carbons (Fsp3) is 0.889. The molecule has 0 aromatic rings. The molecule has 0 bridgehead atoms. The van der Waals surface area contributed by atoms with Gasteiger partial charge in [-0.2, -0.15) is 0 Å². The molecule has 0 aromatic heterocycles. The first-order valence-corrected chi connectivity index (χ1v) is 19.1. The van der Waals surface area contributed by atoms with Crippen LogP contribution in [0, 0.1) is 28.6 Å². The van der Waals surface area contributed by atoms with Crippen LogP contribution in [-0.2, 0) is 28.2 Å². The molecule has 0 N–H and O–H groups in total. The summed E-state index contributed by atoms with van der Waals surface area (Å²) in [6, 6.07) is 0. The lowest BCUT2D eigenvalue weighted by Gasteiger charge is -2.57. The van der Waals surface area contributed by atoms with Crippen molar-refractivity contribution in [3.05, 3.63) is 12.7 Å². The van der Waals surface area contributed by atoms with E-state index in [1.54, 1.807) is 7.11 Å². The predicted molar refractivity (Wildman–Crippen MR) is 180 cm³/mol. The number of carbonyl (C=O) groups excluding carboxylic acids is 2. The Morgan fingerprint density at radius 3 is 1.95 bits per heavy atom. The third-order valence-corrected chi connectivity index (χ3v) is 17.3. The van der Waals surface area contributed by atoms with Gasteiger partial charge < -0.3 is 23.4 Å². The second-order valence-corrected chi connectivity index (χ2v) is 22.1. The average molecular weight is 639 g/mol. The highest BCUT2D eigenvalue weighted by atomic mass is 28.4. The van der Waals surface area contributed by atoms with E-state index in [-0.39, 0.29) is 47.4 Å². The van der Waals surface area contributed by atoms with Gasteiger partial charge in [-0.25, -0.2) is 4.79 Å². The standard InChI is InChI=1S/C36H66O7Si/c1-17-36(21-28-35(14,15)42-32(38)41-28)20-27(18-19-33(10,11)40-22-39-16)34(12,13)29(31(36)37)30(23(2)3)43-44(24(4)5,25(6)7)26(8)9/h17,23-30H,1,18-22H2,2-16H3/t27-,28-,29+,30+,36-/m0/s1. The number of allylic oxidation sites excluding steroid dienone is 1. The molecule has 5 atom stereocenters. The van der Waals surface area contributed by atoms with Crippen LogP contribution in [0.15, 0.2) is 12.7 Å². The van der Waals surface area contributed by atoms with Crippen molar-refractivity contribution in [2.24, 2.45) is 28.6 Å². The number of rotatable bonds is 16. The maximum Gasteiger partial charge on any atom is 0.509 e. The molecule has 256 valence electrons. The highest BCUT2D eigenvalue weighted by Gasteiger charge is 2.61. The second kappa shape index (κ2) is 14.3. The highest BCUT2D eigenvalue weighted by Crippen LogP contribution is 2.58. The van der Waals surface area contributed by atoms with Crippen molar-refractivity contribution in [3.8, 4) is 0 Å². The van der Waals surface area contributed by atoms with Crippen LogP contribution in [0.4, 0.5) is 4.79 Å². The molecule has 2 aliphatic rings. The van der Waals surface area contributed by atoms with Crippen LogP contribution in [0.25, 0.3) is 0 Å². The zero-order chi connectivity index (χ0) is 34.1. The topological polar surface area (TPSA) is 80.3 Å². The molecule has 1 aliphatic carbocycles. The largest absolute Gasteiger partial charge is 0.509 e. The van der Waals surface area contributed by atoms with E-state index in [4.69, 9.17) is 23.4 Å². The summed E-state index contributed by atoms with van der Waals surface area (Å²) in [5, 5.41) is 0. The van der Waals surface area contributed by atoms with Crippen LogP contribution in [-0.4, -0.2) is 57.6 Å². The van der Waals surface area contributed by atoms with Gasteiger partial charge in [0.25, 0.3) is 0 Å². The van der Waals surface area contributed by atoms with Crippen LogP contribution in [0.1, 0.15) is 123 Å². The lowest BCUT2D eigenvalue weighted by molar-refractivity contribution is -0.159. The zero-order valence-corrected chi connectivity index (χ0v) is 31.8. The third kappa shape index (κ3) is 7.83. The first-order chi connectivity index (χ1) is 20.0. The Morgan fingerprint density at radius 2 is 1.55 bits per heavy atom. The van der Waals surface area contributed by atoms with Crippen molar-refractivity contribution < 1.29 is 33.0 Å². The van der Waals surface area contributed by atoms with Gasteiger partial charge >= 0.3 is 6.16 Å². The summed E-state index contributed by atoms with van der Waals surface area (Å²) in [5.74, 6) is 0.0674. The Hall–Kier alpha value is -1.22. The molecule has 7 nitrogen and oxygen atoms in total. The summed E-state index contributed by atoms with van der Waals surface area (Å²) in [6.45, 7) is 35.1. The lowest BCUT2D eigenvalue weighted by Crippen LogP contribution is -2.61.